The number of allylic oxidation sites excluding steroid dienone is 2. The van der Waals surface area contributed by atoms with Gasteiger partial charge in [0, 0.05) is 28.4 Å². The highest BCUT2D eigenvalue weighted by molar-refractivity contribution is 6.04. The molecule has 3 unspecified atom stereocenters. The first kappa shape index (κ1) is 23.1. The molecule has 1 aliphatic heterocycles. The van der Waals surface area contributed by atoms with Gasteiger partial charge in [0.2, 0.25) is 0 Å². The molecule has 4 heteroatoms. The third kappa shape index (κ3) is 4.75. The Labute approximate surface area is 218 Å². The lowest BCUT2D eigenvalue weighted by Crippen LogP contribution is -2.29. The number of hydrogen-bond donors (Lipinski definition) is 2. The van der Waals surface area contributed by atoms with Crippen molar-refractivity contribution in [3.05, 3.63) is 137 Å². The number of carbonyl (C=O) groups excluding carboxylic acids is 1. The van der Waals surface area contributed by atoms with Crippen molar-refractivity contribution in [3.63, 3.8) is 0 Å². The monoisotopic (exact) mass is 486 g/mol. The minimum atomic E-state index is -0.0895. The Bertz CT molecular complexity index is 1460. The average Bonchev–Trinajstić information content (AvgIpc) is 3.43. The molecule has 3 atom stereocenters. The van der Waals surface area contributed by atoms with E-state index >= 15 is 0 Å². The fraction of sp³-hybridized carbons (Fsp3) is 0.182. The molecule has 4 aromatic rings. The van der Waals surface area contributed by atoms with Crippen LogP contribution >= 0.6 is 0 Å². The molecule has 0 bridgehead atoms. The maximum atomic E-state index is 12.8. The largest absolute Gasteiger partial charge is 0.489 e. The van der Waals surface area contributed by atoms with Crippen LogP contribution in [0.3, 0.4) is 0 Å². The molecule has 0 saturated heterocycles. The van der Waals surface area contributed by atoms with Gasteiger partial charge >= 0.3 is 0 Å². The molecule has 1 aliphatic carbocycles. The second-order valence-corrected chi connectivity index (χ2v) is 9.91. The Morgan fingerprint density at radius 2 is 1.76 bits per heavy atom. The molecular weight excluding hydrogens is 456 g/mol. The van der Waals surface area contributed by atoms with Crippen molar-refractivity contribution in [1.82, 2.24) is 0 Å². The zero-order valence-electron chi connectivity index (χ0n) is 20.9. The summed E-state index contributed by atoms with van der Waals surface area (Å²) in [6.45, 7) is 2.53. The maximum absolute atomic E-state index is 12.8. The van der Waals surface area contributed by atoms with Crippen LogP contribution in [0, 0.1) is 12.8 Å². The van der Waals surface area contributed by atoms with E-state index in [1.54, 1.807) is 0 Å². The first-order valence-electron chi connectivity index (χ1n) is 12.9. The highest BCUT2D eigenvalue weighted by Crippen LogP contribution is 2.51. The number of anilines is 2. The molecular formula is C33H30N2O2. The summed E-state index contributed by atoms with van der Waals surface area (Å²) in [7, 11) is 0. The molecule has 0 fully saturated rings. The van der Waals surface area contributed by atoms with Gasteiger partial charge < -0.3 is 15.4 Å². The van der Waals surface area contributed by atoms with Gasteiger partial charge in [-0.1, -0.05) is 78.4 Å². The van der Waals surface area contributed by atoms with E-state index < -0.39 is 0 Å². The van der Waals surface area contributed by atoms with E-state index in [1.807, 2.05) is 61.5 Å². The fourth-order valence-electron chi connectivity index (χ4n) is 5.57. The van der Waals surface area contributed by atoms with Gasteiger partial charge in [0.1, 0.15) is 12.4 Å². The molecule has 4 nitrogen and oxygen atoms in total. The first-order chi connectivity index (χ1) is 18.2. The van der Waals surface area contributed by atoms with E-state index in [4.69, 9.17) is 4.74 Å². The van der Waals surface area contributed by atoms with Gasteiger partial charge in [-0.3, -0.25) is 4.79 Å². The second-order valence-electron chi connectivity index (χ2n) is 9.91. The number of para-hydroxylation sites is 1. The first-order valence-corrected chi connectivity index (χ1v) is 12.9. The molecule has 4 aromatic carbocycles. The Kier molecular flexibility index (Phi) is 6.23. The average molecular weight is 487 g/mol. The molecule has 0 aromatic heterocycles. The summed E-state index contributed by atoms with van der Waals surface area (Å²) in [5, 5.41) is 6.90. The van der Waals surface area contributed by atoms with Crippen molar-refractivity contribution in [3.8, 4) is 5.75 Å². The van der Waals surface area contributed by atoms with Crippen LogP contribution in [0.5, 0.6) is 5.75 Å². The number of nitrogens with one attached hydrogen (secondary N) is 2. The van der Waals surface area contributed by atoms with E-state index in [9.17, 15) is 4.79 Å². The van der Waals surface area contributed by atoms with Crippen LogP contribution in [0.25, 0.3) is 0 Å². The summed E-state index contributed by atoms with van der Waals surface area (Å²) in [4.78, 5) is 12.8. The molecule has 37 heavy (non-hydrogen) atoms. The summed E-state index contributed by atoms with van der Waals surface area (Å²) in [6, 6.07) is 32.6. The van der Waals surface area contributed by atoms with Crippen LogP contribution in [-0.4, -0.2) is 5.91 Å². The van der Waals surface area contributed by atoms with Crippen molar-refractivity contribution in [2.75, 3.05) is 10.6 Å². The van der Waals surface area contributed by atoms with Gasteiger partial charge in [0.05, 0.1) is 6.04 Å². The highest BCUT2D eigenvalue weighted by Gasteiger charge is 2.39. The van der Waals surface area contributed by atoms with Crippen LogP contribution in [-0.2, 0) is 6.61 Å². The molecule has 0 radical (unpaired) electrons. The van der Waals surface area contributed by atoms with Crippen molar-refractivity contribution in [1.29, 1.82) is 0 Å². The minimum absolute atomic E-state index is 0.0895. The molecule has 2 aliphatic rings. The van der Waals surface area contributed by atoms with E-state index in [2.05, 4.69) is 65.3 Å². The topological polar surface area (TPSA) is 50.4 Å². The predicted molar refractivity (Wildman–Crippen MR) is 149 cm³/mol. The van der Waals surface area contributed by atoms with Gasteiger partial charge in [0.15, 0.2) is 0 Å². The summed E-state index contributed by atoms with van der Waals surface area (Å²) < 4.78 is 6.32. The van der Waals surface area contributed by atoms with Crippen LogP contribution in [0.1, 0.15) is 51.0 Å². The summed E-state index contributed by atoms with van der Waals surface area (Å²) in [6.07, 6.45) is 5.59. The minimum Gasteiger partial charge on any atom is -0.489 e. The van der Waals surface area contributed by atoms with Gasteiger partial charge in [-0.15, -0.1) is 0 Å². The summed E-state index contributed by atoms with van der Waals surface area (Å²) in [5.74, 6) is 1.48. The van der Waals surface area contributed by atoms with Crippen molar-refractivity contribution in [2.24, 2.45) is 5.92 Å². The van der Waals surface area contributed by atoms with E-state index in [0.717, 1.165) is 34.7 Å². The van der Waals surface area contributed by atoms with Gasteiger partial charge in [-0.2, -0.15) is 0 Å². The third-order valence-electron chi connectivity index (χ3n) is 7.39. The summed E-state index contributed by atoms with van der Waals surface area (Å²) >= 11 is 0. The Morgan fingerprint density at radius 1 is 0.919 bits per heavy atom. The second kappa shape index (κ2) is 9.98. The number of ether oxygens (including phenoxy) is 1. The van der Waals surface area contributed by atoms with Gasteiger partial charge in [-0.25, -0.2) is 0 Å². The molecule has 0 saturated carbocycles. The lowest BCUT2D eigenvalue weighted by molar-refractivity contribution is 0.102. The fourth-order valence-corrected chi connectivity index (χ4v) is 5.57. The van der Waals surface area contributed by atoms with Gasteiger partial charge in [0.25, 0.3) is 5.91 Å². The Morgan fingerprint density at radius 3 is 2.62 bits per heavy atom. The van der Waals surface area contributed by atoms with Crippen molar-refractivity contribution < 1.29 is 9.53 Å². The van der Waals surface area contributed by atoms with E-state index in [1.165, 1.54) is 11.1 Å². The quantitative estimate of drug-likeness (QED) is 0.275. The normalized spacial score (nSPS) is 19.4. The Balaban J connectivity index is 1.26. The Hall–Kier alpha value is -4.31. The number of amides is 1. The zero-order valence-corrected chi connectivity index (χ0v) is 20.9. The number of benzene rings is 4. The lowest BCUT2D eigenvalue weighted by atomic mass is 9.76. The van der Waals surface area contributed by atoms with Crippen LogP contribution < -0.4 is 15.4 Å². The standard InChI is InChI=1S/C33H30N2O2/c1-22-9-7-12-24(19-22)33(36)34-25-17-18-30-29(20-25)26-14-8-15-27(26)32(35-30)28-13-5-6-16-31(28)37-21-23-10-3-2-4-11-23/h2-14,16-20,26-27,32,35H,15,21H2,1H3,(H,34,36). The van der Waals surface area contributed by atoms with E-state index in [-0.39, 0.29) is 17.9 Å². The highest BCUT2D eigenvalue weighted by atomic mass is 16.5. The van der Waals surface area contributed by atoms with Crippen molar-refractivity contribution in [2.45, 2.75) is 31.9 Å². The molecule has 1 amide bonds. The molecule has 2 N–H and O–H groups in total. The molecule has 6 rings (SSSR count). The number of rotatable bonds is 6. The van der Waals surface area contributed by atoms with Crippen molar-refractivity contribution >= 4 is 17.3 Å². The zero-order chi connectivity index (χ0) is 25.2. The van der Waals surface area contributed by atoms with E-state index in [0.29, 0.717) is 18.1 Å². The SMILES string of the molecule is Cc1cccc(C(=O)Nc2ccc3c(c2)C2C=CCC2C(c2ccccc2OCc2ccccc2)N3)c1. The third-order valence-corrected chi connectivity index (χ3v) is 7.39. The maximum Gasteiger partial charge on any atom is 0.255 e. The van der Waals surface area contributed by atoms with Gasteiger partial charge in [-0.05, 0) is 66.8 Å². The number of fused-ring (bicyclic) bond motifs is 3. The lowest BCUT2D eigenvalue weighted by Gasteiger charge is -2.38. The molecule has 1 heterocycles. The number of hydrogen-bond acceptors (Lipinski definition) is 3. The van der Waals surface area contributed by atoms with Crippen LogP contribution in [0.15, 0.2) is 109 Å². The molecule has 0 spiro atoms. The van der Waals surface area contributed by atoms with Crippen LogP contribution in [0.2, 0.25) is 0 Å². The summed E-state index contributed by atoms with van der Waals surface area (Å²) in [5.41, 5.74) is 7.21. The smallest absolute Gasteiger partial charge is 0.255 e. The van der Waals surface area contributed by atoms with Crippen LogP contribution in [0.4, 0.5) is 11.4 Å². The predicted octanol–water partition coefficient (Wildman–Crippen LogP) is 7.65. The molecule has 184 valence electrons. The number of carbonyl (C=O) groups is 1. The number of aryl methyl sites for hydroxylation is 1.